The summed E-state index contributed by atoms with van der Waals surface area (Å²) in [6, 6.07) is 0. The van der Waals surface area contributed by atoms with Crippen molar-refractivity contribution in [3.8, 4) is 0 Å². The van der Waals surface area contributed by atoms with E-state index in [2.05, 4.69) is 4.84 Å². The Bertz CT molecular complexity index is 242. The molecule has 0 amide bonds. The van der Waals surface area contributed by atoms with Gasteiger partial charge >= 0.3 is 4.87 Å². The van der Waals surface area contributed by atoms with Gasteiger partial charge in [-0.1, -0.05) is 11.3 Å². The molecule has 10 heavy (non-hydrogen) atoms. The van der Waals surface area contributed by atoms with Gasteiger partial charge in [-0.3, -0.25) is 4.79 Å². The Morgan fingerprint density at radius 3 is 3.10 bits per heavy atom. The van der Waals surface area contributed by atoms with Crippen LogP contribution in [0.15, 0.2) is 16.4 Å². The van der Waals surface area contributed by atoms with Gasteiger partial charge in [0.15, 0.2) is 0 Å². The average molecular weight is 160 g/mol. The molecule has 0 aliphatic rings. The molecule has 5 heteroatoms. The number of nitrogens with zero attached hydrogens (tertiary/aromatic N) is 1. The lowest BCUT2D eigenvalue weighted by Gasteiger charge is -1.96. The SMILES string of the molecule is NOCCn1ccsc1=O. The normalized spacial score (nSPS) is 10.1. The number of nitrogens with two attached hydrogens (primary N) is 1. The minimum Gasteiger partial charge on any atom is -0.304 e. The molecule has 0 saturated heterocycles. The van der Waals surface area contributed by atoms with Crippen LogP contribution in [0.5, 0.6) is 0 Å². The summed E-state index contributed by atoms with van der Waals surface area (Å²) in [5, 5.41) is 1.73. The van der Waals surface area contributed by atoms with Crippen LogP contribution < -0.4 is 10.8 Å². The van der Waals surface area contributed by atoms with Crippen LogP contribution in [0.1, 0.15) is 0 Å². The number of hydrogen-bond donors (Lipinski definition) is 1. The first-order valence-corrected chi connectivity index (χ1v) is 3.68. The lowest BCUT2D eigenvalue weighted by atomic mass is 10.7. The van der Waals surface area contributed by atoms with E-state index in [4.69, 9.17) is 5.90 Å². The third-order valence-corrected chi connectivity index (χ3v) is 1.79. The molecule has 0 bridgehead atoms. The molecule has 1 aromatic heterocycles. The highest BCUT2D eigenvalue weighted by Crippen LogP contribution is 1.87. The van der Waals surface area contributed by atoms with Crippen LogP contribution in [0.2, 0.25) is 0 Å². The summed E-state index contributed by atoms with van der Waals surface area (Å²) in [5.41, 5.74) is 0. The molecule has 56 valence electrons. The predicted molar refractivity (Wildman–Crippen MR) is 38.7 cm³/mol. The Kier molecular flexibility index (Phi) is 2.61. The van der Waals surface area contributed by atoms with Crippen molar-refractivity contribution >= 4 is 11.3 Å². The van der Waals surface area contributed by atoms with Crippen molar-refractivity contribution in [2.75, 3.05) is 6.61 Å². The summed E-state index contributed by atoms with van der Waals surface area (Å²) in [6.07, 6.45) is 1.71. The summed E-state index contributed by atoms with van der Waals surface area (Å²) in [4.78, 5) is 15.2. The van der Waals surface area contributed by atoms with E-state index in [9.17, 15) is 4.79 Å². The van der Waals surface area contributed by atoms with Crippen LogP contribution in [-0.2, 0) is 11.4 Å². The van der Waals surface area contributed by atoms with Gasteiger partial charge in [-0.25, -0.2) is 5.90 Å². The van der Waals surface area contributed by atoms with E-state index in [1.165, 1.54) is 11.3 Å². The summed E-state index contributed by atoms with van der Waals surface area (Å²) in [7, 11) is 0. The summed E-state index contributed by atoms with van der Waals surface area (Å²) >= 11 is 1.17. The van der Waals surface area contributed by atoms with Gasteiger partial charge < -0.3 is 9.40 Å². The van der Waals surface area contributed by atoms with E-state index in [1.54, 1.807) is 16.1 Å². The minimum absolute atomic E-state index is 0.0250. The van der Waals surface area contributed by atoms with Crippen LogP contribution in [0.3, 0.4) is 0 Å². The fraction of sp³-hybridized carbons (Fsp3) is 0.400. The Hall–Kier alpha value is -0.650. The van der Waals surface area contributed by atoms with Crippen LogP contribution in [0, 0.1) is 0 Å². The average Bonchev–Trinajstić information content (AvgIpc) is 2.31. The maximum Gasteiger partial charge on any atom is 0.307 e. The number of rotatable bonds is 3. The van der Waals surface area contributed by atoms with Crippen LogP contribution in [-0.4, -0.2) is 11.2 Å². The van der Waals surface area contributed by atoms with Crippen molar-refractivity contribution in [2.45, 2.75) is 6.54 Å². The second-order valence-corrected chi connectivity index (χ2v) is 2.59. The third-order valence-electron chi connectivity index (χ3n) is 1.09. The van der Waals surface area contributed by atoms with E-state index < -0.39 is 0 Å². The lowest BCUT2D eigenvalue weighted by Crippen LogP contribution is -2.16. The Balaban J connectivity index is 2.57. The van der Waals surface area contributed by atoms with E-state index in [1.807, 2.05) is 0 Å². The van der Waals surface area contributed by atoms with Crippen LogP contribution in [0.4, 0.5) is 0 Å². The highest BCUT2D eigenvalue weighted by molar-refractivity contribution is 7.07. The molecule has 0 fully saturated rings. The van der Waals surface area contributed by atoms with Gasteiger partial charge in [0.25, 0.3) is 0 Å². The smallest absolute Gasteiger partial charge is 0.304 e. The zero-order valence-corrected chi connectivity index (χ0v) is 6.13. The lowest BCUT2D eigenvalue weighted by molar-refractivity contribution is 0.129. The summed E-state index contributed by atoms with van der Waals surface area (Å²) < 4.78 is 1.55. The van der Waals surface area contributed by atoms with Crippen molar-refractivity contribution in [1.82, 2.24) is 4.57 Å². The predicted octanol–water partition coefficient (Wildman–Crippen LogP) is -0.200. The summed E-state index contributed by atoms with van der Waals surface area (Å²) in [5.74, 6) is 4.78. The van der Waals surface area contributed by atoms with Crippen molar-refractivity contribution in [3.63, 3.8) is 0 Å². The van der Waals surface area contributed by atoms with Gasteiger partial charge in [0, 0.05) is 11.6 Å². The van der Waals surface area contributed by atoms with Crippen molar-refractivity contribution in [2.24, 2.45) is 5.90 Å². The molecule has 2 N–H and O–H groups in total. The molecular weight excluding hydrogens is 152 g/mol. The topological polar surface area (TPSA) is 57.2 Å². The first-order valence-electron chi connectivity index (χ1n) is 2.80. The maximum atomic E-state index is 10.8. The molecule has 0 radical (unpaired) electrons. The zero-order chi connectivity index (χ0) is 7.40. The quantitative estimate of drug-likeness (QED) is 0.623. The second kappa shape index (κ2) is 3.50. The molecule has 1 aromatic rings. The molecule has 4 nitrogen and oxygen atoms in total. The number of thiazole rings is 1. The maximum absolute atomic E-state index is 10.8. The van der Waals surface area contributed by atoms with Crippen molar-refractivity contribution in [1.29, 1.82) is 0 Å². The fourth-order valence-corrected chi connectivity index (χ4v) is 1.22. The molecule has 1 heterocycles. The molecule has 0 aliphatic carbocycles. The Morgan fingerprint density at radius 2 is 2.60 bits per heavy atom. The summed E-state index contributed by atoms with van der Waals surface area (Å²) in [6.45, 7) is 0.898. The highest BCUT2D eigenvalue weighted by Gasteiger charge is 1.93. The molecule has 0 aromatic carbocycles. The molecular formula is C5H8N2O2S. The van der Waals surface area contributed by atoms with E-state index in [0.717, 1.165) is 0 Å². The van der Waals surface area contributed by atoms with Gasteiger partial charge in [-0.15, -0.1) is 0 Å². The number of hydrogen-bond acceptors (Lipinski definition) is 4. The Morgan fingerprint density at radius 1 is 1.80 bits per heavy atom. The Labute approximate surface area is 61.8 Å². The third kappa shape index (κ3) is 1.66. The first-order chi connectivity index (χ1) is 4.84. The molecule has 0 aliphatic heterocycles. The molecule has 1 rings (SSSR count). The standard InChI is InChI=1S/C5H8N2O2S/c6-9-3-1-7-2-4-10-5(7)8/h2,4H,1,3,6H2. The molecule has 0 saturated carbocycles. The highest BCUT2D eigenvalue weighted by atomic mass is 32.1. The van der Waals surface area contributed by atoms with Gasteiger partial charge in [-0.2, -0.15) is 0 Å². The van der Waals surface area contributed by atoms with Crippen molar-refractivity contribution in [3.05, 3.63) is 21.2 Å². The van der Waals surface area contributed by atoms with E-state index in [0.29, 0.717) is 13.2 Å². The van der Waals surface area contributed by atoms with Crippen LogP contribution >= 0.6 is 11.3 Å². The zero-order valence-electron chi connectivity index (χ0n) is 5.32. The van der Waals surface area contributed by atoms with Gasteiger partial charge in [0.05, 0.1) is 13.2 Å². The molecule has 0 spiro atoms. The largest absolute Gasteiger partial charge is 0.307 e. The first kappa shape index (κ1) is 7.46. The van der Waals surface area contributed by atoms with Gasteiger partial charge in [0.2, 0.25) is 0 Å². The van der Waals surface area contributed by atoms with E-state index in [-0.39, 0.29) is 4.87 Å². The minimum atomic E-state index is 0.0250. The molecule has 0 atom stereocenters. The number of aromatic nitrogens is 1. The van der Waals surface area contributed by atoms with Gasteiger partial charge in [-0.05, 0) is 0 Å². The fourth-order valence-electron chi connectivity index (χ4n) is 0.608. The second-order valence-electron chi connectivity index (χ2n) is 1.73. The van der Waals surface area contributed by atoms with E-state index >= 15 is 0 Å². The van der Waals surface area contributed by atoms with Crippen LogP contribution in [0.25, 0.3) is 0 Å². The monoisotopic (exact) mass is 160 g/mol. The molecule has 0 unspecified atom stereocenters. The van der Waals surface area contributed by atoms with Gasteiger partial charge in [0.1, 0.15) is 0 Å². The van der Waals surface area contributed by atoms with Crippen molar-refractivity contribution < 1.29 is 4.84 Å².